The molecule has 17 heavy (non-hydrogen) atoms. The molecule has 0 bridgehead atoms. The number of hydrogen-bond donors (Lipinski definition) is 0. The fraction of sp³-hybridized carbons (Fsp3) is 0.765. The number of allylic oxidation sites excluding steroid dienone is 4. The van der Waals surface area contributed by atoms with Gasteiger partial charge in [-0.1, -0.05) is 59.4 Å². The number of hydrogen-bond acceptors (Lipinski definition) is 0. The van der Waals surface area contributed by atoms with Crippen molar-refractivity contribution in [1.82, 2.24) is 0 Å². The molecule has 0 atom stereocenters. The lowest BCUT2D eigenvalue weighted by Crippen LogP contribution is -2.39. The molecule has 1 aliphatic rings. The van der Waals surface area contributed by atoms with Gasteiger partial charge < -0.3 is 0 Å². The predicted octanol–water partition coefficient (Wildman–Crippen LogP) is 6.35. The first kappa shape index (κ1) is 21.7. The van der Waals surface area contributed by atoms with E-state index in [1.165, 1.54) is 0 Å². The van der Waals surface area contributed by atoms with Gasteiger partial charge >= 0.3 is 0 Å². The molecular formula is C17H36. The second kappa shape index (κ2) is 13.5. The molecule has 104 valence electrons. The molecule has 0 N–H and O–H groups in total. The van der Waals surface area contributed by atoms with Crippen LogP contribution in [0.3, 0.4) is 0 Å². The van der Waals surface area contributed by atoms with Crippen molar-refractivity contribution in [2.75, 3.05) is 0 Å². The average Bonchev–Trinajstić information content (AvgIpc) is 2.36. The van der Waals surface area contributed by atoms with Crippen molar-refractivity contribution in [1.29, 1.82) is 0 Å². The Morgan fingerprint density at radius 2 is 0.588 bits per heavy atom. The molecule has 0 aliphatic heterocycles. The smallest absolute Gasteiger partial charge is 0.0386 e. The van der Waals surface area contributed by atoms with E-state index >= 15 is 0 Å². The van der Waals surface area contributed by atoms with Gasteiger partial charge in [0.25, 0.3) is 0 Å². The third-order valence-corrected chi connectivity index (χ3v) is 3.98. The minimum atomic E-state index is 0. The van der Waals surface area contributed by atoms with Crippen molar-refractivity contribution in [2.45, 2.75) is 62.8 Å². The summed E-state index contributed by atoms with van der Waals surface area (Å²) in [6.07, 6.45) is 8.00. The lowest BCUT2D eigenvalue weighted by atomic mass is 9.60. The first-order valence-electron chi connectivity index (χ1n) is 6.62. The van der Waals surface area contributed by atoms with E-state index in [4.69, 9.17) is 0 Å². The van der Waals surface area contributed by atoms with Gasteiger partial charge in [0.2, 0.25) is 0 Å². The van der Waals surface area contributed by atoms with Crippen molar-refractivity contribution in [3.63, 3.8) is 0 Å². The van der Waals surface area contributed by atoms with Crippen LogP contribution in [-0.4, -0.2) is 0 Å². The highest BCUT2D eigenvalue weighted by Crippen LogP contribution is 2.44. The lowest BCUT2D eigenvalue weighted by molar-refractivity contribution is 0.0302. The third-order valence-electron chi connectivity index (χ3n) is 3.98. The predicted molar refractivity (Wildman–Crippen MR) is 84.4 cm³/mol. The Bertz CT molecular complexity index is 138. The molecule has 0 spiro atoms. The molecular weight excluding hydrogens is 204 g/mol. The molecule has 0 aromatic heterocycles. The van der Waals surface area contributed by atoms with Crippen LogP contribution in [0.4, 0.5) is 0 Å². The minimum absolute atomic E-state index is 0. The van der Waals surface area contributed by atoms with E-state index in [0.29, 0.717) is 0 Å². The first-order chi connectivity index (χ1) is 7.47. The molecule has 0 aromatic carbocycles. The molecule has 1 saturated carbocycles. The second-order valence-electron chi connectivity index (χ2n) is 4.77. The standard InChI is InChI=1S/C8H16.2C4H8.CH4/c1-5-6(2)8(4)7(5)3;2*1-3-4-2;/h5-8H,1-4H3;2*3-4H,1-2H3;1H4/b;2*4-3+;. The van der Waals surface area contributed by atoms with Gasteiger partial charge in [0, 0.05) is 0 Å². The largest absolute Gasteiger partial charge is 0.0919 e. The van der Waals surface area contributed by atoms with Gasteiger partial charge in [0.1, 0.15) is 0 Å². The van der Waals surface area contributed by atoms with Crippen molar-refractivity contribution >= 4 is 0 Å². The van der Waals surface area contributed by atoms with Crippen LogP contribution < -0.4 is 0 Å². The van der Waals surface area contributed by atoms with Gasteiger partial charge in [0.05, 0.1) is 0 Å². The van der Waals surface area contributed by atoms with Gasteiger partial charge in [-0.3, -0.25) is 0 Å². The zero-order valence-electron chi connectivity index (χ0n) is 12.6. The summed E-state index contributed by atoms with van der Waals surface area (Å²) >= 11 is 0. The van der Waals surface area contributed by atoms with Crippen molar-refractivity contribution in [2.24, 2.45) is 23.7 Å². The maximum absolute atomic E-state index is 2.36. The van der Waals surface area contributed by atoms with Gasteiger partial charge in [0.15, 0.2) is 0 Å². The number of rotatable bonds is 0. The van der Waals surface area contributed by atoms with E-state index in [0.717, 1.165) is 23.7 Å². The van der Waals surface area contributed by atoms with Crippen molar-refractivity contribution < 1.29 is 0 Å². The van der Waals surface area contributed by atoms with Crippen LogP contribution in [0.5, 0.6) is 0 Å². The molecule has 0 aromatic rings. The van der Waals surface area contributed by atoms with Gasteiger partial charge in [-0.05, 0) is 51.4 Å². The summed E-state index contributed by atoms with van der Waals surface area (Å²) in [6.45, 7) is 17.4. The molecule has 0 heterocycles. The quantitative estimate of drug-likeness (QED) is 0.433. The highest BCUT2D eigenvalue weighted by molar-refractivity contribution is 4.86. The Morgan fingerprint density at radius 3 is 0.647 bits per heavy atom. The normalized spacial score (nSPS) is 30.6. The fourth-order valence-electron chi connectivity index (χ4n) is 1.77. The monoisotopic (exact) mass is 240 g/mol. The minimum Gasteiger partial charge on any atom is -0.0919 e. The van der Waals surface area contributed by atoms with Crippen LogP contribution in [0.2, 0.25) is 0 Å². The Morgan fingerprint density at radius 1 is 0.471 bits per heavy atom. The molecule has 1 aliphatic carbocycles. The van der Waals surface area contributed by atoms with Crippen LogP contribution in [0.25, 0.3) is 0 Å². The molecule has 1 fully saturated rings. The average molecular weight is 240 g/mol. The van der Waals surface area contributed by atoms with Gasteiger partial charge in [-0.25, -0.2) is 0 Å². The highest BCUT2D eigenvalue weighted by atomic mass is 14.4. The van der Waals surface area contributed by atoms with Crippen LogP contribution >= 0.6 is 0 Å². The topological polar surface area (TPSA) is 0 Å². The lowest BCUT2D eigenvalue weighted by Gasteiger charge is -2.45. The molecule has 0 nitrogen and oxygen atoms in total. The van der Waals surface area contributed by atoms with E-state index in [-0.39, 0.29) is 7.43 Å². The second-order valence-corrected chi connectivity index (χ2v) is 4.77. The van der Waals surface area contributed by atoms with Gasteiger partial charge in [-0.15, -0.1) is 0 Å². The SMILES string of the molecule is C.C/C=C/C.C/C=C/C.CC1C(C)C(C)C1C. The molecule has 1 rings (SSSR count). The van der Waals surface area contributed by atoms with Crippen LogP contribution in [-0.2, 0) is 0 Å². The molecule has 0 saturated heterocycles. The Balaban J connectivity index is -0.000000189. The highest BCUT2D eigenvalue weighted by Gasteiger charge is 2.38. The van der Waals surface area contributed by atoms with Gasteiger partial charge in [-0.2, -0.15) is 0 Å². The summed E-state index contributed by atoms with van der Waals surface area (Å²) in [7, 11) is 0. The van der Waals surface area contributed by atoms with E-state index in [9.17, 15) is 0 Å². The fourth-order valence-corrected chi connectivity index (χ4v) is 1.77. The molecule has 0 unspecified atom stereocenters. The Kier molecular flexibility index (Phi) is 17.3. The maximum Gasteiger partial charge on any atom is -0.0386 e. The third kappa shape index (κ3) is 9.21. The summed E-state index contributed by atoms with van der Waals surface area (Å²) < 4.78 is 0. The first-order valence-corrected chi connectivity index (χ1v) is 6.62. The molecule has 0 radical (unpaired) electrons. The summed E-state index contributed by atoms with van der Waals surface area (Å²) in [5, 5.41) is 0. The Labute approximate surface area is 111 Å². The van der Waals surface area contributed by atoms with E-state index in [1.54, 1.807) is 0 Å². The zero-order chi connectivity index (χ0) is 13.1. The maximum atomic E-state index is 2.36. The molecule has 0 heteroatoms. The zero-order valence-corrected chi connectivity index (χ0v) is 12.6. The van der Waals surface area contributed by atoms with E-state index in [2.05, 4.69) is 27.7 Å². The summed E-state index contributed by atoms with van der Waals surface area (Å²) in [5.41, 5.74) is 0. The van der Waals surface area contributed by atoms with E-state index in [1.807, 2.05) is 52.0 Å². The van der Waals surface area contributed by atoms with Crippen LogP contribution in [0.15, 0.2) is 24.3 Å². The summed E-state index contributed by atoms with van der Waals surface area (Å²) in [5.74, 6) is 3.91. The summed E-state index contributed by atoms with van der Waals surface area (Å²) in [4.78, 5) is 0. The van der Waals surface area contributed by atoms with Crippen LogP contribution in [0, 0.1) is 23.7 Å². The van der Waals surface area contributed by atoms with Crippen molar-refractivity contribution in [3.8, 4) is 0 Å². The molecule has 0 amide bonds. The Hall–Kier alpha value is -0.520. The van der Waals surface area contributed by atoms with Crippen LogP contribution in [0.1, 0.15) is 62.8 Å². The van der Waals surface area contributed by atoms with E-state index < -0.39 is 0 Å². The summed E-state index contributed by atoms with van der Waals surface area (Å²) in [6, 6.07) is 0. The van der Waals surface area contributed by atoms with Crippen molar-refractivity contribution in [3.05, 3.63) is 24.3 Å².